The van der Waals surface area contributed by atoms with Crippen molar-refractivity contribution >= 4 is 33.9 Å². The summed E-state index contributed by atoms with van der Waals surface area (Å²) in [6, 6.07) is 0. The van der Waals surface area contributed by atoms with Crippen LogP contribution in [0.2, 0.25) is 0 Å². The molecule has 0 saturated carbocycles. The fourth-order valence-corrected chi connectivity index (χ4v) is 1.70. The van der Waals surface area contributed by atoms with E-state index in [1.165, 1.54) is 0 Å². The highest BCUT2D eigenvalue weighted by atomic mass is 127. The van der Waals surface area contributed by atoms with Crippen molar-refractivity contribution in [1.29, 1.82) is 0 Å². The first-order valence-electron chi connectivity index (χ1n) is 3.32. The van der Waals surface area contributed by atoms with Gasteiger partial charge in [0.15, 0.2) is 9.48 Å². The lowest BCUT2D eigenvalue weighted by Gasteiger charge is -1.99. The van der Waals surface area contributed by atoms with Crippen molar-refractivity contribution in [2.75, 3.05) is 5.73 Å². The van der Waals surface area contributed by atoms with Crippen LogP contribution in [0.25, 0.3) is 5.65 Å². The lowest BCUT2D eigenvalue weighted by Crippen LogP contribution is -2.00. The van der Waals surface area contributed by atoms with Crippen molar-refractivity contribution in [3.05, 3.63) is 15.9 Å². The molecule has 0 radical (unpaired) electrons. The maximum absolute atomic E-state index is 5.65. The normalized spacial score (nSPS) is 10.8. The fourth-order valence-electron chi connectivity index (χ4n) is 1.02. The number of halogens is 1. The third-order valence-electron chi connectivity index (χ3n) is 1.60. The van der Waals surface area contributed by atoms with E-state index in [9.17, 15) is 0 Å². The molecule has 2 rings (SSSR count). The number of hydrogen-bond acceptors (Lipinski definition) is 4. The summed E-state index contributed by atoms with van der Waals surface area (Å²) in [5.41, 5.74) is 6.87. The second-order valence-electron chi connectivity index (χ2n) is 2.39. The number of nitrogens with zero attached hydrogens (tertiary/aromatic N) is 4. The number of nitrogen functional groups attached to an aromatic ring is 1. The van der Waals surface area contributed by atoms with Gasteiger partial charge in [0.25, 0.3) is 0 Å². The number of hydrogen-bond donors (Lipinski definition) is 1. The van der Waals surface area contributed by atoms with Gasteiger partial charge in [-0.1, -0.05) is 0 Å². The Morgan fingerprint density at radius 1 is 1.50 bits per heavy atom. The summed E-state index contributed by atoms with van der Waals surface area (Å²) in [6.07, 6.45) is 1.59. The Balaban J connectivity index is 2.98. The Bertz CT molecular complexity index is 435. The molecule has 0 amide bonds. The molecular formula is C6H6IN5. The molecule has 0 spiro atoms. The van der Waals surface area contributed by atoms with E-state index in [4.69, 9.17) is 5.73 Å². The number of anilines is 1. The van der Waals surface area contributed by atoms with Gasteiger partial charge in [-0.15, -0.1) is 10.2 Å². The highest BCUT2D eigenvalue weighted by Crippen LogP contribution is 2.13. The molecule has 0 aromatic carbocycles. The minimum Gasteiger partial charge on any atom is -0.394 e. The van der Waals surface area contributed by atoms with Crippen molar-refractivity contribution in [2.24, 2.45) is 0 Å². The van der Waals surface area contributed by atoms with E-state index in [0.717, 1.165) is 9.66 Å². The summed E-state index contributed by atoms with van der Waals surface area (Å²) >= 11 is 2.09. The average Bonchev–Trinajstić information content (AvgIpc) is 2.42. The molecule has 0 aliphatic carbocycles. The van der Waals surface area contributed by atoms with Crippen LogP contribution >= 0.6 is 22.6 Å². The summed E-state index contributed by atoms with van der Waals surface area (Å²) in [6.45, 7) is 1.89. The van der Waals surface area contributed by atoms with Gasteiger partial charge < -0.3 is 5.73 Å². The zero-order valence-electron chi connectivity index (χ0n) is 6.32. The van der Waals surface area contributed by atoms with Crippen molar-refractivity contribution in [1.82, 2.24) is 19.6 Å². The molecule has 0 fully saturated rings. The molecule has 12 heavy (non-hydrogen) atoms. The zero-order chi connectivity index (χ0) is 8.72. The van der Waals surface area contributed by atoms with Gasteiger partial charge in [-0.05, 0) is 6.92 Å². The molecule has 2 N–H and O–H groups in total. The van der Waals surface area contributed by atoms with E-state index in [1.54, 1.807) is 6.20 Å². The standard InChI is InChI=1S/C6H6IN5/c1-3-9-2-4(8)5-10-11-6(7)12(3)5/h2H,8H2,1H3. The molecule has 2 aromatic heterocycles. The van der Waals surface area contributed by atoms with Crippen LogP contribution in [0.3, 0.4) is 0 Å². The molecule has 0 atom stereocenters. The quantitative estimate of drug-likeness (QED) is 0.715. The monoisotopic (exact) mass is 275 g/mol. The van der Waals surface area contributed by atoms with Crippen molar-refractivity contribution in [2.45, 2.75) is 6.92 Å². The van der Waals surface area contributed by atoms with Crippen LogP contribution in [0.5, 0.6) is 0 Å². The SMILES string of the molecule is Cc1ncc(N)c2nnc(I)n12. The van der Waals surface area contributed by atoms with Gasteiger partial charge in [0, 0.05) is 22.6 Å². The first-order valence-corrected chi connectivity index (χ1v) is 4.39. The van der Waals surface area contributed by atoms with Crippen LogP contribution in [0.4, 0.5) is 5.69 Å². The minimum atomic E-state index is 0.552. The van der Waals surface area contributed by atoms with Crippen LogP contribution in [0, 0.1) is 10.8 Å². The third-order valence-corrected chi connectivity index (χ3v) is 2.29. The van der Waals surface area contributed by atoms with E-state index in [2.05, 4.69) is 37.8 Å². The van der Waals surface area contributed by atoms with Crippen LogP contribution in [-0.4, -0.2) is 19.6 Å². The largest absolute Gasteiger partial charge is 0.394 e. The van der Waals surface area contributed by atoms with Gasteiger partial charge >= 0.3 is 0 Å². The smallest absolute Gasteiger partial charge is 0.200 e. The highest BCUT2D eigenvalue weighted by molar-refractivity contribution is 14.1. The lowest BCUT2D eigenvalue weighted by atomic mass is 10.5. The first kappa shape index (κ1) is 7.71. The van der Waals surface area contributed by atoms with Crippen molar-refractivity contribution < 1.29 is 0 Å². The summed E-state index contributed by atoms with van der Waals surface area (Å²) in [5, 5.41) is 7.82. The Kier molecular flexibility index (Phi) is 1.63. The molecule has 62 valence electrons. The number of fused-ring (bicyclic) bond motifs is 1. The van der Waals surface area contributed by atoms with Gasteiger partial charge in [-0.25, -0.2) is 4.98 Å². The molecule has 2 aromatic rings. The van der Waals surface area contributed by atoms with Gasteiger partial charge in [0.1, 0.15) is 5.82 Å². The fraction of sp³-hybridized carbons (Fsp3) is 0.167. The number of nitrogens with two attached hydrogens (primary N) is 1. The lowest BCUT2D eigenvalue weighted by molar-refractivity contribution is 0.953. The minimum absolute atomic E-state index is 0.552. The van der Waals surface area contributed by atoms with E-state index in [1.807, 2.05) is 11.3 Å². The van der Waals surface area contributed by atoms with Crippen LogP contribution in [-0.2, 0) is 0 Å². The maximum atomic E-state index is 5.65. The summed E-state index contributed by atoms with van der Waals surface area (Å²) < 4.78 is 2.59. The molecule has 0 saturated heterocycles. The molecule has 2 heterocycles. The summed E-state index contributed by atoms with van der Waals surface area (Å²) in [7, 11) is 0. The van der Waals surface area contributed by atoms with Gasteiger partial charge in [0.2, 0.25) is 0 Å². The van der Waals surface area contributed by atoms with Gasteiger partial charge in [-0.3, -0.25) is 4.40 Å². The average molecular weight is 275 g/mol. The molecule has 5 nitrogen and oxygen atoms in total. The van der Waals surface area contributed by atoms with Crippen LogP contribution < -0.4 is 5.73 Å². The number of rotatable bonds is 0. The van der Waals surface area contributed by atoms with E-state index in [0.29, 0.717) is 11.3 Å². The van der Waals surface area contributed by atoms with Crippen molar-refractivity contribution in [3.8, 4) is 0 Å². The first-order chi connectivity index (χ1) is 5.70. The number of aryl methyl sites for hydroxylation is 1. The predicted molar refractivity (Wildman–Crippen MR) is 52.6 cm³/mol. The molecule has 0 bridgehead atoms. The summed E-state index contributed by atoms with van der Waals surface area (Å²) in [4.78, 5) is 4.09. The Morgan fingerprint density at radius 2 is 2.25 bits per heavy atom. The van der Waals surface area contributed by atoms with Gasteiger partial charge in [0.05, 0.1) is 11.9 Å². The Hall–Kier alpha value is -0.920. The van der Waals surface area contributed by atoms with Gasteiger partial charge in [-0.2, -0.15) is 0 Å². The Morgan fingerprint density at radius 3 is 2.92 bits per heavy atom. The zero-order valence-corrected chi connectivity index (χ0v) is 8.48. The second-order valence-corrected chi connectivity index (χ2v) is 3.35. The predicted octanol–water partition coefficient (Wildman–Crippen LogP) is 0.620. The number of aromatic nitrogens is 4. The third kappa shape index (κ3) is 0.942. The van der Waals surface area contributed by atoms with Crippen molar-refractivity contribution in [3.63, 3.8) is 0 Å². The van der Waals surface area contributed by atoms with E-state index < -0.39 is 0 Å². The Labute approximate surface area is 82.1 Å². The van der Waals surface area contributed by atoms with Crippen LogP contribution in [0.1, 0.15) is 5.82 Å². The molecule has 0 unspecified atom stereocenters. The van der Waals surface area contributed by atoms with Crippen LogP contribution in [0.15, 0.2) is 6.20 Å². The molecular weight excluding hydrogens is 269 g/mol. The maximum Gasteiger partial charge on any atom is 0.200 e. The van der Waals surface area contributed by atoms with E-state index >= 15 is 0 Å². The molecule has 0 aliphatic heterocycles. The highest BCUT2D eigenvalue weighted by Gasteiger charge is 2.07. The second kappa shape index (κ2) is 2.54. The topological polar surface area (TPSA) is 69.1 Å². The molecule has 0 aliphatic rings. The van der Waals surface area contributed by atoms with E-state index in [-0.39, 0.29) is 0 Å². The summed E-state index contributed by atoms with van der Waals surface area (Å²) in [5.74, 6) is 0.841. The molecule has 6 heteroatoms.